The predicted octanol–water partition coefficient (Wildman–Crippen LogP) is 5.13. The van der Waals surface area contributed by atoms with Crippen molar-refractivity contribution in [3.63, 3.8) is 0 Å². The fourth-order valence-electron chi connectivity index (χ4n) is 2.72. The normalized spacial score (nSPS) is 10.5. The second kappa shape index (κ2) is 7.93. The smallest absolute Gasteiger partial charge is 0.258 e. The Morgan fingerprint density at radius 3 is 2.64 bits per heavy atom. The minimum absolute atomic E-state index is 0.210. The molecule has 0 saturated heterocycles. The van der Waals surface area contributed by atoms with Gasteiger partial charge < -0.3 is 5.32 Å². The zero-order valence-corrected chi connectivity index (χ0v) is 16.6. The minimum atomic E-state index is -0.210. The van der Waals surface area contributed by atoms with Gasteiger partial charge in [-0.25, -0.2) is 0 Å². The topological polar surface area (TPSA) is 41.1 Å². The summed E-state index contributed by atoms with van der Waals surface area (Å²) < 4.78 is 1.17. The molecule has 0 radical (unpaired) electrons. The van der Waals surface area contributed by atoms with E-state index in [1.165, 1.54) is 3.57 Å². The third-order valence-corrected chi connectivity index (χ3v) is 4.83. The molecule has 126 valence electrons. The fourth-order valence-corrected chi connectivity index (χ4v) is 3.48. The second-order valence-electron chi connectivity index (χ2n) is 5.59. The zero-order valence-electron chi connectivity index (χ0n) is 13.7. The lowest BCUT2D eigenvalue weighted by atomic mass is 10.0. The highest BCUT2D eigenvalue weighted by molar-refractivity contribution is 14.1. The maximum absolute atomic E-state index is 12.6. The summed E-state index contributed by atoms with van der Waals surface area (Å²) >= 11 is 7.61. The van der Waals surface area contributed by atoms with Gasteiger partial charge in [-0.2, -0.15) is 0 Å². The summed E-state index contributed by atoms with van der Waals surface area (Å²) in [7, 11) is 0. The molecule has 0 aliphatic carbocycles. The molecule has 3 aromatic carbocycles. The Kier molecular flexibility index (Phi) is 5.65. The Morgan fingerprint density at radius 2 is 1.84 bits per heavy atom. The molecule has 0 aromatic heterocycles. The second-order valence-corrected chi connectivity index (χ2v) is 7.24. The number of nitrogens with one attached hydrogen (secondary N) is 2. The van der Waals surface area contributed by atoms with E-state index in [2.05, 4.69) is 46.2 Å². The van der Waals surface area contributed by atoms with Crippen LogP contribution in [0.25, 0.3) is 10.8 Å². The fraction of sp³-hybridized carbons (Fsp3) is 0.100. The third-order valence-electron chi connectivity index (χ3n) is 3.96. The highest BCUT2D eigenvalue weighted by Gasteiger charge is 2.12. The highest BCUT2D eigenvalue weighted by Crippen LogP contribution is 2.20. The molecule has 3 rings (SSSR count). The number of carbonyl (C=O) groups is 1. The van der Waals surface area contributed by atoms with Crippen LogP contribution in [0.3, 0.4) is 0 Å². The van der Waals surface area contributed by atoms with Gasteiger partial charge in [0.1, 0.15) is 0 Å². The Labute approximate surface area is 166 Å². The molecule has 0 saturated carbocycles. The molecule has 2 N–H and O–H groups in total. The molecule has 0 heterocycles. The van der Waals surface area contributed by atoms with Crippen LogP contribution in [0, 0.1) is 3.57 Å². The first-order valence-corrected chi connectivity index (χ1v) is 9.45. The van der Waals surface area contributed by atoms with E-state index in [0.717, 1.165) is 28.4 Å². The largest absolute Gasteiger partial charge is 0.332 e. The van der Waals surface area contributed by atoms with Gasteiger partial charge in [-0.3, -0.25) is 10.1 Å². The lowest BCUT2D eigenvalue weighted by Crippen LogP contribution is -2.34. The van der Waals surface area contributed by atoms with E-state index in [4.69, 9.17) is 12.2 Å². The van der Waals surface area contributed by atoms with E-state index < -0.39 is 0 Å². The molecular weight excluding hydrogens is 443 g/mol. The van der Waals surface area contributed by atoms with Gasteiger partial charge in [-0.15, -0.1) is 0 Å². The molecule has 0 unspecified atom stereocenters. The zero-order chi connectivity index (χ0) is 17.8. The van der Waals surface area contributed by atoms with Crippen molar-refractivity contribution in [2.75, 3.05) is 5.32 Å². The number of halogens is 1. The van der Waals surface area contributed by atoms with Gasteiger partial charge in [0.25, 0.3) is 5.91 Å². The first-order chi connectivity index (χ1) is 12.1. The number of rotatable bonds is 3. The van der Waals surface area contributed by atoms with Crippen molar-refractivity contribution in [2.24, 2.45) is 0 Å². The lowest BCUT2D eigenvalue weighted by molar-refractivity contribution is 0.0979. The number of carbonyl (C=O) groups excluding carboxylic acids is 1. The molecule has 0 aliphatic rings. The Bertz CT molecular complexity index is 950. The van der Waals surface area contributed by atoms with Crippen molar-refractivity contribution in [2.45, 2.75) is 13.3 Å². The molecule has 0 spiro atoms. The molecule has 25 heavy (non-hydrogen) atoms. The Hall–Kier alpha value is -1.99. The van der Waals surface area contributed by atoms with Crippen molar-refractivity contribution in [1.29, 1.82) is 0 Å². The average molecular weight is 460 g/mol. The minimum Gasteiger partial charge on any atom is -0.332 e. The standard InChI is InChI=1S/C20H17IN2OS/c1-2-13-12-15(21)10-11-18(13)22-20(25)23-19(24)17-9-5-7-14-6-3-4-8-16(14)17/h3-12H,2H2,1H3,(H2,22,23,24,25). The van der Waals surface area contributed by atoms with Gasteiger partial charge in [-0.05, 0) is 81.8 Å². The van der Waals surface area contributed by atoms with Crippen LogP contribution in [0.15, 0.2) is 60.7 Å². The summed E-state index contributed by atoms with van der Waals surface area (Å²) in [5, 5.41) is 8.15. The van der Waals surface area contributed by atoms with Gasteiger partial charge in [0.2, 0.25) is 0 Å². The van der Waals surface area contributed by atoms with Crippen LogP contribution in [0.1, 0.15) is 22.8 Å². The molecule has 0 atom stereocenters. The third kappa shape index (κ3) is 4.16. The summed E-state index contributed by atoms with van der Waals surface area (Å²) in [4.78, 5) is 12.6. The SMILES string of the molecule is CCc1cc(I)ccc1NC(=S)NC(=O)c1cccc2ccccc12. The number of fused-ring (bicyclic) bond motifs is 1. The number of amides is 1. The lowest BCUT2D eigenvalue weighted by Gasteiger charge is -2.14. The quantitative estimate of drug-likeness (QED) is 0.421. The van der Waals surface area contributed by atoms with E-state index in [9.17, 15) is 4.79 Å². The molecule has 0 bridgehead atoms. The highest BCUT2D eigenvalue weighted by atomic mass is 127. The number of hydrogen-bond donors (Lipinski definition) is 2. The number of benzene rings is 3. The van der Waals surface area contributed by atoms with Crippen LogP contribution in [-0.4, -0.2) is 11.0 Å². The van der Waals surface area contributed by atoms with Gasteiger partial charge >= 0.3 is 0 Å². The number of aryl methyl sites for hydroxylation is 1. The predicted molar refractivity (Wildman–Crippen MR) is 116 cm³/mol. The first-order valence-electron chi connectivity index (χ1n) is 7.97. The van der Waals surface area contributed by atoms with E-state index in [-0.39, 0.29) is 5.91 Å². The van der Waals surface area contributed by atoms with E-state index in [0.29, 0.717) is 10.7 Å². The van der Waals surface area contributed by atoms with Gasteiger partial charge in [0.05, 0.1) is 0 Å². The molecule has 3 aromatic rings. The Balaban J connectivity index is 1.78. The monoisotopic (exact) mass is 460 g/mol. The van der Waals surface area contributed by atoms with E-state index >= 15 is 0 Å². The van der Waals surface area contributed by atoms with Gasteiger partial charge in [-0.1, -0.05) is 43.3 Å². The number of thiocarbonyl (C=S) groups is 1. The summed E-state index contributed by atoms with van der Waals surface area (Å²) in [6.45, 7) is 2.09. The van der Waals surface area contributed by atoms with Crippen LogP contribution in [0.4, 0.5) is 5.69 Å². The molecule has 0 fully saturated rings. The van der Waals surface area contributed by atoms with Crippen molar-refractivity contribution in [3.05, 3.63) is 75.4 Å². The number of anilines is 1. The molecule has 0 aliphatic heterocycles. The molecule has 3 nitrogen and oxygen atoms in total. The summed E-state index contributed by atoms with van der Waals surface area (Å²) in [5.41, 5.74) is 2.69. The molecule has 5 heteroatoms. The summed E-state index contributed by atoms with van der Waals surface area (Å²) in [6, 6.07) is 19.6. The van der Waals surface area contributed by atoms with Gasteiger partial charge in [0, 0.05) is 14.8 Å². The Morgan fingerprint density at radius 1 is 1.08 bits per heavy atom. The van der Waals surface area contributed by atoms with Crippen LogP contribution in [-0.2, 0) is 6.42 Å². The van der Waals surface area contributed by atoms with Crippen molar-refractivity contribution < 1.29 is 4.79 Å². The molecular formula is C20H17IN2OS. The van der Waals surface area contributed by atoms with Crippen LogP contribution in [0.5, 0.6) is 0 Å². The van der Waals surface area contributed by atoms with Crippen molar-refractivity contribution in [3.8, 4) is 0 Å². The van der Waals surface area contributed by atoms with Crippen LogP contribution in [0.2, 0.25) is 0 Å². The molecule has 1 amide bonds. The van der Waals surface area contributed by atoms with Crippen molar-refractivity contribution in [1.82, 2.24) is 5.32 Å². The van der Waals surface area contributed by atoms with E-state index in [1.807, 2.05) is 54.6 Å². The summed E-state index contributed by atoms with van der Waals surface area (Å²) in [5.74, 6) is -0.210. The van der Waals surface area contributed by atoms with Crippen LogP contribution >= 0.6 is 34.8 Å². The number of hydrogen-bond acceptors (Lipinski definition) is 2. The van der Waals surface area contributed by atoms with E-state index in [1.54, 1.807) is 0 Å². The average Bonchev–Trinajstić information content (AvgIpc) is 2.62. The maximum atomic E-state index is 12.6. The first kappa shape index (κ1) is 17.8. The van der Waals surface area contributed by atoms with Gasteiger partial charge in [0.15, 0.2) is 5.11 Å². The van der Waals surface area contributed by atoms with Crippen molar-refractivity contribution >= 4 is 62.3 Å². The van der Waals surface area contributed by atoms with Crippen LogP contribution < -0.4 is 10.6 Å². The summed E-state index contributed by atoms with van der Waals surface area (Å²) in [6.07, 6.45) is 0.888. The maximum Gasteiger partial charge on any atom is 0.258 e.